The Morgan fingerprint density at radius 2 is 2.47 bits per heavy atom. The summed E-state index contributed by atoms with van der Waals surface area (Å²) in [6.45, 7) is -0.240. The first-order valence-electron chi connectivity index (χ1n) is 4.43. The lowest BCUT2D eigenvalue weighted by molar-refractivity contribution is -0.384. The number of nitrogens with one attached hydrogen (secondary N) is 1. The van der Waals surface area contributed by atoms with Crippen molar-refractivity contribution in [1.82, 2.24) is 4.98 Å². The normalized spacial score (nSPS) is 9.18. The topological polar surface area (TPSA) is 118 Å². The van der Waals surface area contributed by atoms with Crippen molar-refractivity contribution in [3.8, 4) is 6.07 Å². The largest absolute Gasteiger partial charge is 0.468 e. The van der Waals surface area contributed by atoms with Gasteiger partial charge in [0.05, 0.1) is 17.6 Å². The Labute approximate surface area is 96.0 Å². The van der Waals surface area contributed by atoms with Crippen LogP contribution in [0.5, 0.6) is 0 Å². The van der Waals surface area contributed by atoms with E-state index in [0.29, 0.717) is 0 Å². The van der Waals surface area contributed by atoms with Crippen LogP contribution in [0.3, 0.4) is 0 Å². The van der Waals surface area contributed by atoms with E-state index >= 15 is 0 Å². The van der Waals surface area contributed by atoms with Crippen molar-refractivity contribution >= 4 is 17.5 Å². The number of nitriles is 1. The number of carbonyl (C=O) groups is 1. The molecule has 0 aromatic carbocycles. The van der Waals surface area contributed by atoms with E-state index in [4.69, 9.17) is 5.26 Å². The molecule has 8 nitrogen and oxygen atoms in total. The molecule has 0 atom stereocenters. The highest BCUT2D eigenvalue weighted by molar-refractivity contribution is 5.75. The Morgan fingerprint density at radius 1 is 1.76 bits per heavy atom. The predicted octanol–water partition coefficient (Wildman–Crippen LogP) is 0.446. The number of methoxy groups -OCH3 is 1. The molecule has 88 valence electrons. The Balaban J connectivity index is 2.95. The van der Waals surface area contributed by atoms with E-state index in [1.165, 1.54) is 13.3 Å². The van der Waals surface area contributed by atoms with Crippen LogP contribution in [0.2, 0.25) is 0 Å². The number of hydrogen-bond donors (Lipinski definition) is 1. The molecule has 0 aliphatic rings. The van der Waals surface area contributed by atoms with Crippen LogP contribution < -0.4 is 5.32 Å². The van der Waals surface area contributed by atoms with Crippen molar-refractivity contribution in [2.24, 2.45) is 0 Å². The number of rotatable bonds is 4. The zero-order valence-corrected chi connectivity index (χ0v) is 8.84. The second-order valence-corrected chi connectivity index (χ2v) is 2.89. The second kappa shape index (κ2) is 5.41. The van der Waals surface area contributed by atoms with Crippen LogP contribution in [0.25, 0.3) is 0 Å². The maximum Gasteiger partial charge on any atom is 0.325 e. The third-order valence-electron chi connectivity index (χ3n) is 1.82. The fraction of sp³-hybridized carbons (Fsp3) is 0.222. The van der Waals surface area contributed by atoms with E-state index in [1.54, 1.807) is 6.07 Å². The highest BCUT2D eigenvalue weighted by atomic mass is 16.6. The van der Waals surface area contributed by atoms with Gasteiger partial charge in [-0.3, -0.25) is 14.9 Å². The quantitative estimate of drug-likeness (QED) is 0.457. The van der Waals surface area contributed by atoms with Gasteiger partial charge in [0.1, 0.15) is 12.6 Å². The van der Waals surface area contributed by atoms with E-state index in [-0.39, 0.29) is 23.6 Å². The molecule has 0 fully saturated rings. The van der Waals surface area contributed by atoms with Gasteiger partial charge in [0.25, 0.3) is 0 Å². The zero-order valence-electron chi connectivity index (χ0n) is 8.84. The van der Waals surface area contributed by atoms with Crippen LogP contribution in [-0.4, -0.2) is 29.5 Å². The van der Waals surface area contributed by atoms with E-state index in [0.717, 1.165) is 6.07 Å². The summed E-state index contributed by atoms with van der Waals surface area (Å²) in [5.74, 6) is -0.662. The van der Waals surface area contributed by atoms with Crippen molar-refractivity contribution in [2.45, 2.75) is 0 Å². The van der Waals surface area contributed by atoms with Gasteiger partial charge < -0.3 is 10.1 Å². The average molecular weight is 236 g/mol. The van der Waals surface area contributed by atoms with E-state index in [9.17, 15) is 14.9 Å². The summed E-state index contributed by atoms with van der Waals surface area (Å²) in [6.07, 6.45) is 1.17. The molecular formula is C9H8N4O4. The van der Waals surface area contributed by atoms with Gasteiger partial charge in [-0.15, -0.1) is 0 Å². The molecule has 0 aliphatic carbocycles. The number of esters is 1. The lowest BCUT2D eigenvalue weighted by Crippen LogP contribution is -2.16. The number of aromatic nitrogens is 1. The predicted molar refractivity (Wildman–Crippen MR) is 56.1 cm³/mol. The van der Waals surface area contributed by atoms with Crippen LogP contribution in [0.15, 0.2) is 12.3 Å². The molecular weight excluding hydrogens is 228 g/mol. The summed E-state index contributed by atoms with van der Waals surface area (Å²) in [7, 11) is 1.20. The standard InChI is InChI=1S/C9H8N4O4/c1-17-8(14)5-12-9-7(13(15)16)2-6(3-10)4-11-9/h2,4H,5H2,1H3,(H,11,12). The lowest BCUT2D eigenvalue weighted by Gasteiger charge is -2.04. The Morgan fingerprint density at radius 3 is 3.00 bits per heavy atom. The number of carbonyl (C=O) groups excluding carboxylic acids is 1. The molecule has 17 heavy (non-hydrogen) atoms. The summed E-state index contributed by atoms with van der Waals surface area (Å²) in [4.78, 5) is 24.6. The molecule has 0 saturated heterocycles. The highest BCUT2D eigenvalue weighted by Gasteiger charge is 2.17. The smallest absolute Gasteiger partial charge is 0.325 e. The monoisotopic (exact) mass is 236 g/mol. The summed E-state index contributed by atoms with van der Waals surface area (Å²) in [5.41, 5.74) is -0.298. The van der Waals surface area contributed by atoms with Crippen LogP contribution in [0.1, 0.15) is 5.56 Å². The molecule has 0 amide bonds. The number of pyridine rings is 1. The van der Waals surface area contributed by atoms with Crippen molar-refractivity contribution in [3.05, 3.63) is 27.9 Å². The molecule has 1 N–H and O–H groups in total. The van der Waals surface area contributed by atoms with Crippen molar-refractivity contribution in [2.75, 3.05) is 19.0 Å². The summed E-state index contributed by atoms with van der Waals surface area (Å²) in [5, 5.41) is 21.7. The van der Waals surface area contributed by atoms with Crippen molar-refractivity contribution in [3.63, 3.8) is 0 Å². The molecule has 1 aromatic heterocycles. The molecule has 0 aliphatic heterocycles. The SMILES string of the molecule is COC(=O)CNc1ncc(C#N)cc1[N+](=O)[O-]. The fourth-order valence-corrected chi connectivity index (χ4v) is 1.02. The highest BCUT2D eigenvalue weighted by Crippen LogP contribution is 2.22. The molecule has 1 aromatic rings. The van der Waals surface area contributed by atoms with E-state index in [1.807, 2.05) is 0 Å². The minimum absolute atomic E-state index is 0.0697. The zero-order chi connectivity index (χ0) is 12.8. The van der Waals surface area contributed by atoms with Crippen LogP contribution in [-0.2, 0) is 9.53 Å². The van der Waals surface area contributed by atoms with Gasteiger partial charge in [0, 0.05) is 12.3 Å². The summed E-state index contributed by atoms with van der Waals surface area (Å²) in [6, 6.07) is 2.82. The maximum absolute atomic E-state index is 10.9. The number of ether oxygens (including phenoxy) is 1. The molecule has 1 heterocycles. The summed E-state index contributed by atoms with van der Waals surface area (Å²) < 4.78 is 4.37. The molecule has 8 heteroatoms. The third kappa shape index (κ3) is 3.13. The molecule has 0 radical (unpaired) electrons. The number of nitro groups is 1. The van der Waals surface area contributed by atoms with Crippen LogP contribution in [0.4, 0.5) is 11.5 Å². The first-order chi connectivity index (χ1) is 8.08. The molecule has 1 rings (SSSR count). The van der Waals surface area contributed by atoms with Gasteiger partial charge in [-0.25, -0.2) is 4.98 Å². The van der Waals surface area contributed by atoms with E-state index < -0.39 is 10.9 Å². The van der Waals surface area contributed by atoms with Gasteiger partial charge in [-0.05, 0) is 0 Å². The molecule has 0 unspecified atom stereocenters. The summed E-state index contributed by atoms with van der Waals surface area (Å²) >= 11 is 0. The average Bonchev–Trinajstić information content (AvgIpc) is 2.35. The van der Waals surface area contributed by atoms with Crippen LogP contribution >= 0.6 is 0 Å². The minimum Gasteiger partial charge on any atom is -0.468 e. The van der Waals surface area contributed by atoms with Gasteiger partial charge in [0.15, 0.2) is 0 Å². The van der Waals surface area contributed by atoms with Crippen LogP contribution in [0, 0.1) is 21.4 Å². The number of nitrogens with zero attached hydrogens (tertiary/aromatic N) is 3. The van der Waals surface area contributed by atoms with Crippen molar-refractivity contribution < 1.29 is 14.5 Å². The van der Waals surface area contributed by atoms with Gasteiger partial charge in [-0.1, -0.05) is 0 Å². The van der Waals surface area contributed by atoms with Gasteiger partial charge >= 0.3 is 11.7 Å². The Bertz CT molecular complexity index is 494. The lowest BCUT2D eigenvalue weighted by atomic mass is 10.3. The number of anilines is 1. The minimum atomic E-state index is -0.687. The second-order valence-electron chi connectivity index (χ2n) is 2.89. The maximum atomic E-state index is 10.9. The van der Waals surface area contributed by atoms with Gasteiger partial charge in [0.2, 0.25) is 5.82 Å². The molecule has 0 bridgehead atoms. The van der Waals surface area contributed by atoms with E-state index in [2.05, 4.69) is 15.0 Å². The number of hydrogen-bond acceptors (Lipinski definition) is 7. The molecule has 0 spiro atoms. The van der Waals surface area contributed by atoms with Crippen molar-refractivity contribution in [1.29, 1.82) is 5.26 Å². The first-order valence-corrected chi connectivity index (χ1v) is 4.43. The first kappa shape index (κ1) is 12.4. The third-order valence-corrected chi connectivity index (χ3v) is 1.82. The Hall–Kier alpha value is -2.69. The Kier molecular flexibility index (Phi) is 3.94. The van der Waals surface area contributed by atoms with Gasteiger partial charge in [-0.2, -0.15) is 5.26 Å². The fourth-order valence-electron chi connectivity index (χ4n) is 1.02. The molecule has 0 saturated carbocycles.